The lowest BCUT2D eigenvalue weighted by atomic mass is 9.97. The summed E-state index contributed by atoms with van der Waals surface area (Å²) in [5.74, 6) is 0.783. The van der Waals surface area contributed by atoms with Gasteiger partial charge in [-0.15, -0.1) is 0 Å². The zero-order valence-electron chi connectivity index (χ0n) is 13.0. The highest BCUT2D eigenvalue weighted by Crippen LogP contribution is 2.20. The van der Waals surface area contributed by atoms with Gasteiger partial charge in [0.05, 0.1) is 0 Å². The van der Waals surface area contributed by atoms with Crippen LogP contribution in [0, 0.1) is 5.92 Å². The van der Waals surface area contributed by atoms with Gasteiger partial charge < -0.3 is 5.73 Å². The van der Waals surface area contributed by atoms with Crippen LogP contribution < -0.4 is 5.73 Å². The Kier molecular flexibility index (Phi) is 7.11. The van der Waals surface area contributed by atoms with Crippen LogP contribution >= 0.6 is 0 Å². The third-order valence-electron chi connectivity index (χ3n) is 4.33. The van der Waals surface area contributed by atoms with Crippen LogP contribution in [0.5, 0.6) is 0 Å². The van der Waals surface area contributed by atoms with E-state index in [4.69, 9.17) is 5.73 Å². The summed E-state index contributed by atoms with van der Waals surface area (Å²) >= 11 is 0. The first-order chi connectivity index (χ1) is 9.13. The Labute approximate surface area is 119 Å². The van der Waals surface area contributed by atoms with E-state index in [1.807, 2.05) is 6.07 Å². The molecule has 0 spiro atoms. The van der Waals surface area contributed by atoms with Crippen molar-refractivity contribution in [3.05, 3.63) is 35.9 Å². The molecule has 2 N–H and O–H groups in total. The molecule has 108 valence electrons. The highest BCUT2D eigenvalue weighted by Gasteiger charge is 2.22. The van der Waals surface area contributed by atoms with Crippen LogP contribution in [0.25, 0.3) is 0 Å². The van der Waals surface area contributed by atoms with Crippen molar-refractivity contribution in [2.45, 2.75) is 52.6 Å². The largest absolute Gasteiger partial charge is 0.323 e. The summed E-state index contributed by atoms with van der Waals surface area (Å²) < 4.78 is 0. The Morgan fingerprint density at radius 1 is 1.05 bits per heavy atom. The molecule has 1 aromatic rings. The molecule has 0 aliphatic heterocycles. The molecule has 2 heteroatoms. The first-order valence-corrected chi connectivity index (χ1v) is 7.68. The van der Waals surface area contributed by atoms with Gasteiger partial charge in [0.1, 0.15) is 0 Å². The Morgan fingerprint density at radius 3 is 2.11 bits per heavy atom. The molecule has 2 nitrogen and oxygen atoms in total. The fraction of sp³-hybridized carbons (Fsp3) is 0.647. The van der Waals surface area contributed by atoms with Gasteiger partial charge in [-0.1, -0.05) is 63.9 Å². The second-order valence-corrected chi connectivity index (χ2v) is 5.45. The van der Waals surface area contributed by atoms with E-state index >= 15 is 0 Å². The number of rotatable bonds is 8. The van der Waals surface area contributed by atoms with Gasteiger partial charge in [0.15, 0.2) is 0 Å². The number of nitrogens with two attached hydrogens (primary N) is 1. The molecule has 1 rings (SSSR count). The van der Waals surface area contributed by atoms with E-state index < -0.39 is 0 Å². The van der Waals surface area contributed by atoms with Crippen molar-refractivity contribution in [2.24, 2.45) is 11.7 Å². The summed E-state index contributed by atoms with van der Waals surface area (Å²) in [6, 6.07) is 10.9. The summed E-state index contributed by atoms with van der Waals surface area (Å²) in [6.07, 6.45) is 2.50. The van der Waals surface area contributed by atoms with Crippen LogP contribution in [0.1, 0.15) is 52.1 Å². The fourth-order valence-electron chi connectivity index (χ4n) is 2.64. The quantitative estimate of drug-likeness (QED) is 0.771. The van der Waals surface area contributed by atoms with Crippen molar-refractivity contribution >= 4 is 0 Å². The monoisotopic (exact) mass is 262 g/mol. The van der Waals surface area contributed by atoms with Gasteiger partial charge in [-0.25, -0.2) is 0 Å². The van der Waals surface area contributed by atoms with E-state index in [1.165, 1.54) is 18.4 Å². The van der Waals surface area contributed by atoms with Crippen LogP contribution in [-0.4, -0.2) is 24.0 Å². The molecule has 0 saturated heterocycles. The van der Waals surface area contributed by atoms with Crippen molar-refractivity contribution in [1.82, 2.24) is 4.90 Å². The standard InChI is InChI=1S/C17H30N2/c1-5-15(6-2)13-19(7-3)14(4)17(18)16-11-9-8-10-12-16/h8-12,14-15,17H,5-7,13,18H2,1-4H3. The van der Waals surface area contributed by atoms with Crippen LogP contribution in [0.4, 0.5) is 0 Å². The van der Waals surface area contributed by atoms with Gasteiger partial charge in [-0.3, -0.25) is 4.90 Å². The molecular weight excluding hydrogens is 232 g/mol. The molecule has 19 heavy (non-hydrogen) atoms. The molecule has 0 heterocycles. The van der Waals surface area contributed by atoms with Gasteiger partial charge in [0.25, 0.3) is 0 Å². The molecule has 2 atom stereocenters. The second kappa shape index (κ2) is 8.34. The lowest BCUT2D eigenvalue weighted by Gasteiger charge is -2.34. The highest BCUT2D eigenvalue weighted by molar-refractivity contribution is 5.19. The molecule has 1 aromatic carbocycles. The fourth-order valence-corrected chi connectivity index (χ4v) is 2.64. The molecule has 0 aromatic heterocycles. The van der Waals surface area contributed by atoms with Gasteiger partial charge in [0.2, 0.25) is 0 Å². The van der Waals surface area contributed by atoms with Gasteiger partial charge in [-0.05, 0) is 24.9 Å². The molecular formula is C17H30N2. The Hall–Kier alpha value is -0.860. The average molecular weight is 262 g/mol. The normalized spacial score (nSPS) is 14.9. The van der Waals surface area contributed by atoms with E-state index in [1.54, 1.807) is 0 Å². The third-order valence-corrected chi connectivity index (χ3v) is 4.33. The zero-order valence-corrected chi connectivity index (χ0v) is 13.0. The van der Waals surface area contributed by atoms with Crippen molar-refractivity contribution in [3.63, 3.8) is 0 Å². The summed E-state index contributed by atoms with van der Waals surface area (Å²) in [5, 5.41) is 0. The second-order valence-electron chi connectivity index (χ2n) is 5.45. The number of nitrogens with zero attached hydrogens (tertiary/aromatic N) is 1. The topological polar surface area (TPSA) is 29.3 Å². The van der Waals surface area contributed by atoms with E-state index in [0.29, 0.717) is 6.04 Å². The zero-order chi connectivity index (χ0) is 14.3. The maximum atomic E-state index is 6.43. The van der Waals surface area contributed by atoms with E-state index in [9.17, 15) is 0 Å². The minimum absolute atomic E-state index is 0.0931. The van der Waals surface area contributed by atoms with E-state index in [2.05, 4.69) is 56.9 Å². The van der Waals surface area contributed by atoms with Crippen LogP contribution in [-0.2, 0) is 0 Å². The Bertz CT molecular complexity index is 332. The van der Waals surface area contributed by atoms with Crippen LogP contribution in [0.2, 0.25) is 0 Å². The summed E-state index contributed by atoms with van der Waals surface area (Å²) in [5.41, 5.74) is 7.67. The number of likely N-dealkylation sites (N-methyl/N-ethyl adjacent to an activating group) is 1. The maximum Gasteiger partial charge on any atom is 0.0450 e. The van der Waals surface area contributed by atoms with Gasteiger partial charge >= 0.3 is 0 Å². The van der Waals surface area contributed by atoms with Crippen molar-refractivity contribution in [2.75, 3.05) is 13.1 Å². The van der Waals surface area contributed by atoms with Gasteiger partial charge in [0, 0.05) is 18.6 Å². The molecule has 0 fully saturated rings. The minimum Gasteiger partial charge on any atom is -0.323 e. The summed E-state index contributed by atoms with van der Waals surface area (Å²) in [4.78, 5) is 2.52. The lowest BCUT2D eigenvalue weighted by molar-refractivity contribution is 0.160. The van der Waals surface area contributed by atoms with E-state index in [0.717, 1.165) is 19.0 Å². The van der Waals surface area contributed by atoms with Crippen molar-refractivity contribution in [1.29, 1.82) is 0 Å². The number of benzene rings is 1. The Balaban J connectivity index is 2.70. The van der Waals surface area contributed by atoms with Crippen LogP contribution in [0.15, 0.2) is 30.3 Å². The molecule has 0 radical (unpaired) electrons. The summed E-state index contributed by atoms with van der Waals surface area (Å²) in [7, 11) is 0. The molecule has 0 aliphatic rings. The SMILES string of the molecule is CCC(CC)CN(CC)C(C)C(N)c1ccccc1. The molecule has 0 bridgehead atoms. The first kappa shape index (κ1) is 16.2. The Morgan fingerprint density at radius 2 is 1.63 bits per heavy atom. The highest BCUT2D eigenvalue weighted by atomic mass is 15.2. The van der Waals surface area contributed by atoms with Gasteiger partial charge in [-0.2, -0.15) is 0 Å². The third kappa shape index (κ3) is 4.63. The van der Waals surface area contributed by atoms with Crippen LogP contribution in [0.3, 0.4) is 0 Å². The molecule has 2 unspecified atom stereocenters. The first-order valence-electron chi connectivity index (χ1n) is 7.68. The maximum absolute atomic E-state index is 6.43. The van der Waals surface area contributed by atoms with Crippen molar-refractivity contribution < 1.29 is 0 Å². The molecule has 0 amide bonds. The lowest BCUT2D eigenvalue weighted by Crippen LogP contribution is -2.43. The minimum atomic E-state index is 0.0931. The number of hydrogen-bond donors (Lipinski definition) is 1. The molecule has 0 saturated carbocycles. The predicted molar refractivity (Wildman–Crippen MR) is 84.2 cm³/mol. The molecule has 0 aliphatic carbocycles. The smallest absolute Gasteiger partial charge is 0.0450 e. The van der Waals surface area contributed by atoms with E-state index in [-0.39, 0.29) is 6.04 Å². The number of hydrogen-bond acceptors (Lipinski definition) is 2. The van der Waals surface area contributed by atoms with Crippen molar-refractivity contribution in [3.8, 4) is 0 Å². The predicted octanol–water partition coefficient (Wildman–Crippen LogP) is 3.83. The average Bonchev–Trinajstić information content (AvgIpc) is 2.48. The summed E-state index contributed by atoms with van der Waals surface area (Å²) in [6.45, 7) is 11.3.